The minimum Gasteiger partial charge on any atom is -0.379 e. The molecule has 0 bridgehead atoms. The second kappa shape index (κ2) is 9.20. The zero-order valence-corrected chi connectivity index (χ0v) is 15.1. The molecule has 1 N–H and O–H groups in total. The largest absolute Gasteiger partial charge is 0.379 e. The molecule has 1 atom stereocenters. The van der Waals surface area contributed by atoms with Crippen molar-refractivity contribution in [2.45, 2.75) is 39.3 Å². The van der Waals surface area contributed by atoms with Crippen LogP contribution in [0, 0.1) is 0 Å². The number of piperazine rings is 1. The molecule has 1 saturated heterocycles. The Balaban J connectivity index is 1.64. The fraction of sp³-hybridized carbons (Fsp3) is 0.750. The summed E-state index contributed by atoms with van der Waals surface area (Å²) in [5.41, 5.74) is 0. The number of rotatable bonds is 8. The Morgan fingerprint density at radius 2 is 2.35 bits per heavy atom. The van der Waals surface area contributed by atoms with E-state index in [0.29, 0.717) is 25.7 Å². The molecular weight excluding hydrogens is 312 g/mol. The molecule has 1 aromatic heterocycles. The standard InChI is InChI=1S/C16H28N4O2S/c1-13(2)22-9-4-5-17-15(21)12-19-7-8-20(14(3)11-19)16-18-6-10-23-16/h6,10,13-14H,4-5,7-9,11-12H2,1-3H3,(H,17,21)/t14-/m1/s1. The van der Waals surface area contributed by atoms with Crippen LogP contribution < -0.4 is 10.2 Å². The maximum Gasteiger partial charge on any atom is 0.234 e. The quantitative estimate of drug-likeness (QED) is 0.728. The zero-order chi connectivity index (χ0) is 16.7. The van der Waals surface area contributed by atoms with Crippen molar-refractivity contribution in [1.29, 1.82) is 0 Å². The van der Waals surface area contributed by atoms with Crippen LogP contribution in [0.1, 0.15) is 27.2 Å². The summed E-state index contributed by atoms with van der Waals surface area (Å²) < 4.78 is 5.46. The third-order valence-electron chi connectivity index (χ3n) is 3.84. The molecule has 0 aliphatic carbocycles. The fourth-order valence-electron chi connectivity index (χ4n) is 2.70. The summed E-state index contributed by atoms with van der Waals surface area (Å²) in [6.07, 6.45) is 2.95. The molecule has 0 unspecified atom stereocenters. The number of aromatic nitrogens is 1. The lowest BCUT2D eigenvalue weighted by atomic mass is 10.2. The van der Waals surface area contributed by atoms with Crippen molar-refractivity contribution in [3.8, 4) is 0 Å². The van der Waals surface area contributed by atoms with E-state index < -0.39 is 0 Å². The number of nitrogens with zero attached hydrogens (tertiary/aromatic N) is 3. The number of hydrogen-bond acceptors (Lipinski definition) is 6. The van der Waals surface area contributed by atoms with E-state index in [-0.39, 0.29) is 12.0 Å². The van der Waals surface area contributed by atoms with Crippen molar-refractivity contribution in [1.82, 2.24) is 15.2 Å². The maximum absolute atomic E-state index is 12.0. The van der Waals surface area contributed by atoms with Gasteiger partial charge < -0.3 is 15.0 Å². The van der Waals surface area contributed by atoms with Gasteiger partial charge in [-0.05, 0) is 27.2 Å². The average molecular weight is 340 g/mol. The molecule has 1 aliphatic heterocycles. The molecule has 1 aliphatic rings. The fourth-order valence-corrected chi connectivity index (χ4v) is 3.47. The van der Waals surface area contributed by atoms with Crippen LogP contribution in [-0.2, 0) is 9.53 Å². The minimum absolute atomic E-state index is 0.101. The molecule has 7 heteroatoms. The monoisotopic (exact) mass is 340 g/mol. The smallest absolute Gasteiger partial charge is 0.234 e. The molecule has 0 aromatic carbocycles. The van der Waals surface area contributed by atoms with Gasteiger partial charge in [-0.25, -0.2) is 4.98 Å². The van der Waals surface area contributed by atoms with Gasteiger partial charge >= 0.3 is 0 Å². The van der Waals surface area contributed by atoms with Gasteiger partial charge in [0.15, 0.2) is 5.13 Å². The van der Waals surface area contributed by atoms with Crippen molar-refractivity contribution in [2.24, 2.45) is 0 Å². The van der Waals surface area contributed by atoms with Gasteiger partial charge in [-0.1, -0.05) is 0 Å². The first kappa shape index (κ1) is 18.2. The predicted octanol–water partition coefficient (Wildman–Crippen LogP) is 1.58. The van der Waals surface area contributed by atoms with Crippen molar-refractivity contribution in [2.75, 3.05) is 44.2 Å². The molecule has 0 radical (unpaired) electrons. The van der Waals surface area contributed by atoms with Crippen LogP contribution in [0.2, 0.25) is 0 Å². The first-order chi connectivity index (χ1) is 11.1. The van der Waals surface area contributed by atoms with Crippen molar-refractivity contribution >= 4 is 22.4 Å². The van der Waals surface area contributed by atoms with E-state index in [9.17, 15) is 4.79 Å². The normalized spacial score (nSPS) is 19.3. The second-order valence-corrected chi connectivity index (χ2v) is 7.09. The van der Waals surface area contributed by atoms with Crippen molar-refractivity contribution < 1.29 is 9.53 Å². The summed E-state index contributed by atoms with van der Waals surface area (Å²) in [6.45, 7) is 10.8. The first-order valence-corrected chi connectivity index (χ1v) is 9.21. The third-order valence-corrected chi connectivity index (χ3v) is 4.65. The number of nitrogens with one attached hydrogen (secondary N) is 1. The number of thiazole rings is 1. The van der Waals surface area contributed by atoms with E-state index in [1.165, 1.54) is 0 Å². The number of ether oxygens (including phenoxy) is 1. The van der Waals surface area contributed by atoms with Gasteiger partial charge in [-0.3, -0.25) is 9.69 Å². The summed E-state index contributed by atoms with van der Waals surface area (Å²) in [7, 11) is 0. The molecule has 1 aromatic rings. The summed E-state index contributed by atoms with van der Waals surface area (Å²) in [4.78, 5) is 20.9. The van der Waals surface area contributed by atoms with Crippen molar-refractivity contribution in [3.05, 3.63) is 11.6 Å². The highest BCUT2D eigenvalue weighted by atomic mass is 32.1. The van der Waals surface area contributed by atoms with E-state index >= 15 is 0 Å². The van der Waals surface area contributed by atoms with E-state index in [0.717, 1.165) is 31.2 Å². The summed E-state index contributed by atoms with van der Waals surface area (Å²) in [6, 6.07) is 0.377. The van der Waals surface area contributed by atoms with Gasteiger partial charge in [0.05, 0.1) is 12.6 Å². The Hall–Kier alpha value is -1.18. The zero-order valence-electron chi connectivity index (χ0n) is 14.3. The topological polar surface area (TPSA) is 57.7 Å². The number of anilines is 1. The number of amides is 1. The van der Waals surface area contributed by atoms with Gasteiger partial charge in [-0.2, -0.15) is 0 Å². The van der Waals surface area contributed by atoms with Crippen LogP contribution in [-0.4, -0.2) is 67.3 Å². The Kier molecular flexibility index (Phi) is 7.26. The Labute approximate surface area is 142 Å². The maximum atomic E-state index is 12.0. The molecule has 1 amide bonds. The molecule has 2 rings (SSSR count). The Morgan fingerprint density at radius 3 is 3.00 bits per heavy atom. The average Bonchev–Trinajstić information content (AvgIpc) is 3.00. The highest BCUT2D eigenvalue weighted by molar-refractivity contribution is 7.13. The molecule has 2 heterocycles. The Morgan fingerprint density at radius 1 is 1.52 bits per heavy atom. The third kappa shape index (κ3) is 6.08. The van der Waals surface area contributed by atoms with Crippen LogP contribution in [0.4, 0.5) is 5.13 Å². The van der Waals surface area contributed by atoms with Crippen LogP contribution in [0.3, 0.4) is 0 Å². The predicted molar refractivity (Wildman–Crippen MR) is 94.1 cm³/mol. The van der Waals surface area contributed by atoms with E-state index in [1.807, 2.05) is 25.4 Å². The van der Waals surface area contributed by atoms with Crippen LogP contribution in [0.25, 0.3) is 0 Å². The summed E-state index contributed by atoms with van der Waals surface area (Å²) in [5, 5.41) is 6.05. The number of carbonyl (C=O) groups excluding carboxylic acids is 1. The highest BCUT2D eigenvalue weighted by Gasteiger charge is 2.26. The Bertz CT molecular complexity index is 467. The van der Waals surface area contributed by atoms with Gasteiger partial charge in [0.1, 0.15) is 0 Å². The molecule has 6 nitrogen and oxygen atoms in total. The van der Waals surface area contributed by atoms with Crippen molar-refractivity contribution in [3.63, 3.8) is 0 Å². The lowest BCUT2D eigenvalue weighted by Crippen LogP contribution is -2.54. The van der Waals surface area contributed by atoms with Gasteiger partial charge in [0.25, 0.3) is 0 Å². The lowest BCUT2D eigenvalue weighted by Gasteiger charge is -2.39. The van der Waals surface area contributed by atoms with Gasteiger partial charge in [-0.15, -0.1) is 11.3 Å². The molecule has 1 fully saturated rings. The first-order valence-electron chi connectivity index (χ1n) is 8.33. The molecule has 130 valence electrons. The number of hydrogen-bond donors (Lipinski definition) is 1. The summed E-state index contributed by atoms with van der Waals surface area (Å²) >= 11 is 1.67. The van der Waals surface area contributed by atoms with Crippen LogP contribution >= 0.6 is 11.3 Å². The van der Waals surface area contributed by atoms with Gasteiger partial charge in [0, 0.05) is 50.4 Å². The highest BCUT2D eigenvalue weighted by Crippen LogP contribution is 2.22. The van der Waals surface area contributed by atoms with Crippen LogP contribution in [0.15, 0.2) is 11.6 Å². The molecule has 23 heavy (non-hydrogen) atoms. The van der Waals surface area contributed by atoms with E-state index in [1.54, 1.807) is 11.3 Å². The lowest BCUT2D eigenvalue weighted by molar-refractivity contribution is -0.122. The molecular formula is C16H28N4O2S. The number of carbonyl (C=O) groups is 1. The second-order valence-electron chi connectivity index (χ2n) is 6.22. The summed E-state index contributed by atoms with van der Waals surface area (Å²) in [5.74, 6) is 0.101. The minimum atomic E-state index is 0.101. The van der Waals surface area contributed by atoms with E-state index in [2.05, 4.69) is 27.0 Å². The van der Waals surface area contributed by atoms with E-state index in [4.69, 9.17) is 4.74 Å². The molecule has 0 saturated carbocycles. The SMILES string of the molecule is CC(C)OCCCNC(=O)CN1CCN(c2nccs2)[C@H](C)C1. The van der Waals surface area contributed by atoms with Gasteiger partial charge in [0.2, 0.25) is 5.91 Å². The molecule has 0 spiro atoms. The van der Waals surface area contributed by atoms with Crippen LogP contribution in [0.5, 0.6) is 0 Å².